The first-order chi connectivity index (χ1) is 9.98. The fourth-order valence-electron chi connectivity index (χ4n) is 2.61. The Morgan fingerprint density at radius 3 is 2.90 bits per heavy atom. The summed E-state index contributed by atoms with van der Waals surface area (Å²) in [7, 11) is 1.80. The van der Waals surface area contributed by atoms with Crippen LogP contribution in [0.3, 0.4) is 0 Å². The lowest BCUT2D eigenvalue weighted by Gasteiger charge is -2.20. The standard InChI is InChI=1S/C13H15N5O3/c1-17-7-9(6-14-17)2-3-10(19)18-5-4-13(8-18)11(20)15-12(21)16-13/h2-3,6-7H,4-5,8H2,1H3,(H2,15,16,20,21)/b3-2+. The molecule has 2 N–H and O–H groups in total. The van der Waals surface area contributed by atoms with Crippen LogP contribution < -0.4 is 10.6 Å². The van der Waals surface area contributed by atoms with E-state index in [1.54, 1.807) is 35.1 Å². The van der Waals surface area contributed by atoms with Crippen LogP contribution in [0, 0.1) is 0 Å². The van der Waals surface area contributed by atoms with Crippen molar-refractivity contribution in [2.75, 3.05) is 13.1 Å². The summed E-state index contributed by atoms with van der Waals surface area (Å²) in [5, 5.41) is 8.83. The first-order valence-electron chi connectivity index (χ1n) is 6.58. The minimum atomic E-state index is -0.963. The van der Waals surface area contributed by atoms with Gasteiger partial charge in [0.05, 0.1) is 12.7 Å². The van der Waals surface area contributed by atoms with E-state index in [4.69, 9.17) is 0 Å². The third kappa shape index (κ3) is 2.39. The number of aryl methyl sites for hydroxylation is 1. The van der Waals surface area contributed by atoms with Gasteiger partial charge in [0.2, 0.25) is 5.91 Å². The van der Waals surface area contributed by atoms with Crippen molar-refractivity contribution in [3.05, 3.63) is 24.0 Å². The van der Waals surface area contributed by atoms with Crippen molar-refractivity contribution in [2.45, 2.75) is 12.0 Å². The van der Waals surface area contributed by atoms with Gasteiger partial charge in [0.25, 0.3) is 5.91 Å². The van der Waals surface area contributed by atoms with Crippen molar-refractivity contribution in [2.24, 2.45) is 7.05 Å². The van der Waals surface area contributed by atoms with Crippen LogP contribution in [0.1, 0.15) is 12.0 Å². The highest BCUT2D eigenvalue weighted by molar-refractivity contribution is 6.08. The largest absolute Gasteiger partial charge is 0.336 e. The monoisotopic (exact) mass is 289 g/mol. The first-order valence-corrected chi connectivity index (χ1v) is 6.58. The molecule has 0 aromatic carbocycles. The van der Waals surface area contributed by atoms with Crippen LogP contribution >= 0.6 is 0 Å². The molecule has 1 unspecified atom stereocenters. The summed E-state index contributed by atoms with van der Waals surface area (Å²) in [6, 6.07) is -0.500. The Bertz CT molecular complexity index is 650. The summed E-state index contributed by atoms with van der Waals surface area (Å²) in [6.45, 7) is 0.630. The normalized spacial score (nSPS) is 24.9. The molecule has 110 valence electrons. The van der Waals surface area contributed by atoms with E-state index in [0.29, 0.717) is 13.0 Å². The van der Waals surface area contributed by atoms with Gasteiger partial charge in [-0.1, -0.05) is 0 Å². The molecule has 2 aliphatic rings. The number of nitrogens with one attached hydrogen (secondary N) is 2. The van der Waals surface area contributed by atoms with Gasteiger partial charge in [-0.15, -0.1) is 0 Å². The Labute approximate surface area is 120 Å². The Kier molecular flexibility index (Phi) is 3.00. The van der Waals surface area contributed by atoms with Gasteiger partial charge in [0.15, 0.2) is 0 Å². The van der Waals surface area contributed by atoms with Crippen molar-refractivity contribution >= 4 is 23.9 Å². The van der Waals surface area contributed by atoms with Gasteiger partial charge in [-0.05, 0) is 12.5 Å². The van der Waals surface area contributed by atoms with E-state index >= 15 is 0 Å². The molecule has 2 aliphatic heterocycles. The van der Waals surface area contributed by atoms with E-state index in [2.05, 4.69) is 15.7 Å². The predicted octanol–water partition coefficient (Wildman–Crippen LogP) is -0.756. The maximum atomic E-state index is 12.1. The molecule has 0 aliphatic carbocycles. The number of nitrogens with zero attached hydrogens (tertiary/aromatic N) is 3. The number of aromatic nitrogens is 2. The van der Waals surface area contributed by atoms with E-state index in [1.165, 1.54) is 6.08 Å². The molecule has 21 heavy (non-hydrogen) atoms. The van der Waals surface area contributed by atoms with Gasteiger partial charge < -0.3 is 10.2 Å². The molecule has 8 heteroatoms. The summed E-state index contributed by atoms with van der Waals surface area (Å²) >= 11 is 0. The number of hydrogen-bond acceptors (Lipinski definition) is 4. The Hall–Kier alpha value is -2.64. The minimum Gasteiger partial charge on any atom is -0.336 e. The Balaban J connectivity index is 1.66. The maximum Gasteiger partial charge on any atom is 0.322 e. The zero-order valence-corrected chi connectivity index (χ0v) is 11.5. The summed E-state index contributed by atoms with van der Waals surface area (Å²) in [6.07, 6.45) is 7.00. The van der Waals surface area contributed by atoms with Crippen LogP contribution in [0.25, 0.3) is 6.08 Å². The molecule has 2 saturated heterocycles. The molecule has 3 heterocycles. The van der Waals surface area contributed by atoms with E-state index in [9.17, 15) is 14.4 Å². The van der Waals surface area contributed by atoms with Crippen molar-refractivity contribution in [1.29, 1.82) is 0 Å². The Morgan fingerprint density at radius 1 is 1.48 bits per heavy atom. The van der Waals surface area contributed by atoms with E-state index in [-0.39, 0.29) is 18.4 Å². The molecule has 4 amide bonds. The molecule has 1 atom stereocenters. The topological polar surface area (TPSA) is 96.3 Å². The summed E-state index contributed by atoms with van der Waals surface area (Å²) in [5.41, 5.74) is -0.138. The minimum absolute atomic E-state index is 0.190. The second-order valence-electron chi connectivity index (χ2n) is 5.28. The molecule has 1 aromatic rings. The first kappa shape index (κ1) is 13.3. The quantitative estimate of drug-likeness (QED) is 0.553. The third-order valence-electron chi connectivity index (χ3n) is 3.74. The Morgan fingerprint density at radius 2 is 2.29 bits per heavy atom. The lowest BCUT2D eigenvalue weighted by Crippen LogP contribution is -2.49. The molecular formula is C13H15N5O3. The van der Waals surface area contributed by atoms with Crippen LogP contribution in [0.15, 0.2) is 18.5 Å². The fraction of sp³-hybridized carbons (Fsp3) is 0.385. The number of urea groups is 1. The highest BCUT2D eigenvalue weighted by Crippen LogP contribution is 2.24. The number of hydrogen-bond donors (Lipinski definition) is 2. The van der Waals surface area contributed by atoms with Crippen molar-refractivity contribution in [1.82, 2.24) is 25.3 Å². The fourth-order valence-corrected chi connectivity index (χ4v) is 2.61. The molecule has 1 spiro atoms. The SMILES string of the molecule is Cn1cc(/C=C/C(=O)N2CCC3(C2)NC(=O)NC3=O)cn1. The molecule has 0 bridgehead atoms. The van der Waals surface area contributed by atoms with E-state index in [0.717, 1.165) is 5.56 Å². The summed E-state index contributed by atoms with van der Waals surface area (Å²) in [5.74, 6) is -0.552. The second-order valence-corrected chi connectivity index (χ2v) is 5.28. The molecule has 8 nitrogen and oxygen atoms in total. The van der Waals surface area contributed by atoms with Crippen LogP contribution in [0.5, 0.6) is 0 Å². The average molecular weight is 289 g/mol. The molecular weight excluding hydrogens is 274 g/mol. The number of carbonyl (C=O) groups is 3. The summed E-state index contributed by atoms with van der Waals surface area (Å²) in [4.78, 5) is 36.7. The molecule has 2 fully saturated rings. The average Bonchev–Trinajstić information content (AvgIpc) is 3.09. The van der Waals surface area contributed by atoms with Crippen LogP contribution in [-0.4, -0.2) is 51.2 Å². The second kappa shape index (κ2) is 4.72. The lowest BCUT2D eigenvalue weighted by atomic mass is 10.00. The number of imide groups is 1. The van der Waals surface area contributed by atoms with Gasteiger partial charge in [0.1, 0.15) is 5.54 Å². The smallest absolute Gasteiger partial charge is 0.322 e. The third-order valence-corrected chi connectivity index (χ3v) is 3.74. The van der Waals surface area contributed by atoms with E-state index < -0.39 is 11.6 Å². The molecule has 0 saturated carbocycles. The highest BCUT2D eigenvalue weighted by atomic mass is 16.2. The zero-order chi connectivity index (χ0) is 15.0. The van der Waals surface area contributed by atoms with Crippen LogP contribution in [0.4, 0.5) is 4.79 Å². The van der Waals surface area contributed by atoms with Gasteiger partial charge in [-0.2, -0.15) is 5.10 Å². The van der Waals surface area contributed by atoms with Crippen LogP contribution in [-0.2, 0) is 16.6 Å². The maximum absolute atomic E-state index is 12.1. The highest BCUT2D eigenvalue weighted by Gasteiger charge is 2.51. The number of amides is 4. The number of likely N-dealkylation sites (tertiary alicyclic amines) is 1. The summed E-state index contributed by atoms with van der Waals surface area (Å²) < 4.78 is 1.65. The van der Waals surface area contributed by atoms with Gasteiger partial charge in [-0.25, -0.2) is 4.79 Å². The van der Waals surface area contributed by atoms with Crippen molar-refractivity contribution < 1.29 is 14.4 Å². The van der Waals surface area contributed by atoms with Gasteiger partial charge in [0, 0.05) is 31.4 Å². The van der Waals surface area contributed by atoms with Gasteiger partial charge >= 0.3 is 6.03 Å². The van der Waals surface area contributed by atoms with Crippen molar-refractivity contribution in [3.63, 3.8) is 0 Å². The molecule has 3 rings (SSSR count). The number of rotatable bonds is 2. The van der Waals surface area contributed by atoms with Crippen molar-refractivity contribution in [3.8, 4) is 0 Å². The number of carbonyl (C=O) groups excluding carboxylic acids is 3. The predicted molar refractivity (Wildman–Crippen MR) is 72.8 cm³/mol. The zero-order valence-electron chi connectivity index (χ0n) is 11.5. The van der Waals surface area contributed by atoms with E-state index in [1.807, 2.05) is 0 Å². The van der Waals surface area contributed by atoms with Gasteiger partial charge in [-0.3, -0.25) is 19.6 Å². The molecule has 0 radical (unpaired) electrons. The molecule has 1 aromatic heterocycles. The lowest BCUT2D eigenvalue weighted by molar-refractivity contribution is -0.126. The van der Waals surface area contributed by atoms with Crippen LogP contribution in [0.2, 0.25) is 0 Å².